The molecular weight excluding hydrogens is 368 g/mol. The van der Waals surface area contributed by atoms with E-state index >= 15 is 0 Å². The highest BCUT2D eigenvalue weighted by Gasteiger charge is 2.50. The fourth-order valence-corrected chi connectivity index (χ4v) is 6.08. The quantitative estimate of drug-likeness (QED) is 0.506. The predicted molar refractivity (Wildman–Crippen MR) is 111 cm³/mol. The summed E-state index contributed by atoms with van der Waals surface area (Å²) >= 11 is 0. The summed E-state index contributed by atoms with van der Waals surface area (Å²) in [6.07, 6.45) is 9.70. The summed E-state index contributed by atoms with van der Waals surface area (Å²) in [5.41, 5.74) is 1.16. The molecule has 0 aromatic heterocycles. The molecule has 0 heterocycles. The minimum Gasteiger partial charge on any atom is -0.493 e. The molecular formula is C23H32N2O4. The lowest BCUT2D eigenvalue weighted by atomic mass is 9.49. The molecule has 4 fully saturated rings. The number of nitrogens with zero attached hydrogens (tertiary/aromatic N) is 1. The van der Waals surface area contributed by atoms with Crippen LogP contribution in [0.4, 0.5) is 0 Å². The summed E-state index contributed by atoms with van der Waals surface area (Å²) in [5, 5.41) is 7.03. The van der Waals surface area contributed by atoms with Crippen molar-refractivity contribution in [2.75, 3.05) is 26.9 Å². The van der Waals surface area contributed by atoms with Crippen LogP contribution in [0.25, 0.3) is 0 Å². The first-order chi connectivity index (χ1) is 14.1. The molecule has 0 saturated heterocycles. The highest BCUT2D eigenvalue weighted by Crippen LogP contribution is 2.59. The van der Waals surface area contributed by atoms with E-state index in [1.807, 2.05) is 25.1 Å². The van der Waals surface area contributed by atoms with E-state index < -0.39 is 0 Å². The van der Waals surface area contributed by atoms with Gasteiger partial charge in [-0.05, 0) is 86.8 Å². The van der Waals surface area contributed by atoms with E-state index in [-0.39, 0.29) is 12.5 Å². The molecule has 6 heteroatoms. The van der Waals surface area contributed by atoms with Crippen LogP contribution in [0.15, 0.2) is 23.4 Å². The van der Waals surface area contributed by atoms with Gasteiger partial charge in [-0.25, -0.2) is 0 Å². The summed E-state index contributed by atoms with van der Waals surface area (Å²) in [5.74, 6) is 3.92. The van der Waals surface area contributed by atoms with Crippen LogP contribution in [-0.4, -0.2) is 39.0 Å². The van der Waals surface area contributed by atoms with Crippen molar-refractivity contribution in [3.8, 4) is 11.5 Å². The van der Waals surface area contributed by atoms with Gasteiger partial charge >= 0.3 is 0 Å². The molecule has 0 spiro atoms. The highest BCUT2D eigenvalue weighted by molar-refractivity contribution is 5.81. The molecule has 4 aliphatic rings. The number of oxime groups is 1. The van der Waals surface area contributed by atoms with Crippen LogP contribution in [0.1, 0.15) is 51.0 Å². The zero-order valence-corrected chi connectivity index (χ0v) is 17.5. The first-order valence-electron chi connectivity index (χ1n) is 10.8. The molecule has 1 amide bonds. The standard InChI is InChI=1S/C23H32N2O4/c1-3-28-20-5-4-16(9-21(20)27-2)13-25-29-14-22(26)24-15-23-10-17-6-18(11-23)8-19(7-17)12-23/h4-5,9,13,17-19H,3,6-8,10-12,14-15H2,1-2H3,(H,24,26)/b25-13-. The van der Waals surface area contributed by atoms with Gasteiger partial charge in [0.15, 0.2) is 18.1 Å². The summed E-state index contributed by atoms with van der Waals surface area (Å²) in [6.45, 7) is 3.23. The Morgan fingerprint density at radius 2 is 1.86 bits per heavy atom. The average molecular weight is 401 g/mol. The third-order valence-corrected chi connectivity index (χ3v) is 6.79. The minimum absolute atomic E-state index is 0.0585. The zero-order chi connectivity index (χ0) is 20.3. The van der Waals surface area contributed by atoms with Crippen molar-refractivity contribution in [3.63, 3.8) is 0 Å². The smallest absolute Gasteiger partial charge is 0.260 e. The number of nitrogens with one attached hydrogen (secondary N) is 1. The molecule has 4 bridgehead atoms. The van der Waals surface area contributed by atoms with Gasteiger partial charge in [-0.3, -0.25) is 4.79 Å². The molecule has 0 radical (unpaired) electrons. The fourth-order valence-electron chi connectivity index (χ4n) is 6.08. The first-order valence-corrected chi connectivity index (χ1v) is 10.8. The van der Waals surface area contributed by atoms with Crippen molar-refractivity contribution in [2.24, 2.45) is 28.3 Å². The molecule has 5 rings (SSSR count). The van der Waals surface area contributed by atoms with Gasteiger partial charge in [0.25, 0.3) is 5.91 Å². The third-order valence-electron chi connectivity index (χ3n) is 6.79. The lowest BCUT2D eigenvalue weighted by Crippen LogP contribution is -2.51. The number of rotatable bonds is 9. The van der Waals surface area contributed by atoms with Crippen LogP contribution in [0.2, 0.25) is 0 Å². The normalized spacial score (nSPS) is 29.8. The molecule has 4 aliphatic carbocycles. The van der Waals surface area contributed by atoms with Crippen molar-refractivity contribution in [1.29, 1.82) is 0 Å². The summed E-state index contributed by atoms with van der Waals surface area (Å²) in [6, 6.07) is 5.53. The van der Waals surface area contributed by atoms with Gasteiger partial charge in [-0.2, -0.15) is 0 Å². The van der Waals surface area contributed by atoms with E-state index in [9.17, 15) is 4.79 Å². The molecule has 1 aromatic carbocycles. The summed E-state index contributed by atoms with van der Waals surface area (Å²) < 4.78 is 10.8. The van der Waals surface area contributed by atoms with Crippen LogP contribution in [-0.2, 0) is 9.63 Å². The lowest BCUT2D eigenvalue weighted by molar-refractivity contribution is -0.127. The van der Waals surface area contributed by atoms with Crippen molar-refractivity contribution in [2.45, 2.75) is 45.4 Å². The number of amides is 1. The minimum atomic E-state index is -0.0952. The van der Waals surface area contributed by atoms with Crippen LogP contribution in [0, 0.1) is 23.2 Å². The maximum atomic E-state index is 12.2. The number of carbonyl (C=O) groups is 1. The zero-order valence-electron chi connectivity index (χ0n) is 17.5. The van der Waals surface area contributed by atoms with Gasteiger partial charge in [0, 0.05) is 12.1 Å². The van der Waals surface area contributed by atoms with Gasteiger partial charge in [-0.1, -0.05) is 5.16 Å². The molecule has 29 heavy (non-hydrogen) atoms. The number of methoxy groups -OCH3 is 1. The second kappa shape index (κ2) is 8.64. The Kier molecular flexibility index (Phi) is 5.97. The Balaban J connectivity index is 1.22. The summed E-state index contributed by atoms with van der Waals surface area (Å²) in [4.78, 5) is 17.4. The third kappa shape index (κ3) is 4.68. The van der Waals surface area contributed by atoms with Crippen molar-refractivity contribution >= 4 is 12.1 Å². The van der Waals surface area contributed by atoms with Crippen LogP contribution < -0.4 is 14.8 Å². The molecule has 0 unspecified atom stereocenters. The van der Waals surface area contributed by atoms with Gasteiger partial charge in [0.2, 0.25) is 0 Å². The molecule has 6 nitrogen and oxygen atoms in total. The van der Waals surface area contributed by atoms with Crippen molar-refractivity contribution < 1.29 is 19.1 Å². The second-order valence-corrected chi connectivity index (χ2v) is 9.05. The SMILES string of the molecule is CCOc1ccc(/C=N\OCC(=O)NCC23CC4CC(CC(C4)C2)C3)cc1OC. The number of hydrogen-bond donors (Lipinski definition) is 1. The van der Waals surface area contributed by atoms with E-state index in [1.165, 1.54) is 38.5 Å². The second-order valence-electron chi connectivity index (χ2n) is 9.05. The van der Waals surface area contributed by atoms with E-state index in [0.29, 0.717) is 23.5 Å². The maximum absolute atomic E-state index is 12.2. The van der Waals surface area contributed by atoms with Gasteiger partial charge < -0.3 is 19.6 Å². The van der Waals surface area contributed by atoms with E-state index in [2.05, 4.69) is 10.5 Å². The van der Waals surface area contributed by atoms with Crippen LogP contribution in [0.3, 0.4) is 0 Å². The lowest BCUT2D eigenvalue weighted by Gasteiger charge is -2.56. The summed E-state index contributed by atoms with van der Waals surface area (Å²) in [7, 11) is 1.60. The molecule has 0 atom stereocenters. The molecule has 1 N–H and O–H groups in total. The fraction of sp³-hybridized carbons (Fsp3) is 0.652. The predicted octanol–water partition coefficient (Wildman–Crippen LogP) is 3.78. The Hall–Kier alpha value is -2.24. The van der Waals surface area contributed by atoms with Gasteiger partial charge in [0.1, 0.15) is 0 Å². The number of carbonyl (C=O) groups excluding carboxylic acids is 1. The van der Waals surface area contributed by atoms with Crippen molar-refractivity contribution in [1.82, 2.24) is 5.32 Å². The maximum Gasteiger partial charge on any atom is 0.260 e. The number of ether oxygens (including phenoxy) is 2. The Labute approximate surface area is 173 Å². The Morgan fingerprint density at radius 1 is 1.17 bits per heavy atom. The average Bonchev–Trinajstić information content (AvgIpc) is 2.70. The van der Waals surface area contributed by atoms with Crippen LogP contribution >= 0.6 is 0 Å². The Morgan fingerprint density at radius 3 is 2.48 bits per heavy atom. The number of hydrogen-bond acceptors (Lipinski definition) is 5. The largest absolute Gasteiger partial charge is 0.493 e. The topological polar surface area (TPSA) is 69.2 Å². The molecule has 0 aliphatic heterocycles. The van der Waals surface area contributed by atoms with Crippen molar-refractivity contribution in [3.05, 3.63) is 23.8 Å². The molecule has 4 saturated carbocycles. The Bertz CT molecular complexity index is 726. The highest BCUT2D eigenvalue weighted by atomic mass is 16.6. The van der Waals surface area contributed by atoms with E-state index in [0.717, 1.165) is 29.9 Å². The van der Waals surface area contributed by atoms with Crippen LogP contribution in [0.5, 0.6) is 11.5 Å². The monoisotopic (exact) mass is 400 g/mol. The first kappa shape index (κ1) is 20.0. The van der Waals surface area contributed by atoms with Gasteiger partial charge in [0.05, 0.1) is 19.9 Å². The number of benzene rings is 1. The molecule has 1 aromatic rings. The molecule has 158 valence electrons. The van der Waals surface area contributed by atoms with E-state index in [4.69, 9.17) is 14.3 Å². The van der Waals surface area contributed by atoms with Gasteiger partial charge in [-0.15, -0.1) is 0 Å². The van der Waals surface area contributed by atoms with E-state index in [1.54, 1.807) is 13.3 Å².